The van der Waals surface area contributed by atoms with Crippen molar-refractivity contribution in [3.63, 3.8) is 0 Å². The lowest BCUT2D eigenvalue weighted by Crippen LogP contribution is -2.28. The third-order valence-electron chi connectivity index (χ3n) is 5.44. The van der Waals surface area contributed by atoms with Crippen LogP contribution in [0.25, 0.3) is 10.9 Å². The first-order valence-corrected chi connectivity index (χ1v) is 10.0. The van der Waals surface area contributed by atoms with Crippen LogP contribution in [0.5, 0.6) is 0 Å². The molecular weight excluding hydrogens is 353 g/mol. The maximum Gasteiger partial charge on any atom is 0.222 e. The van der Waals surface area contributed by atoms with E-state index in [1.165, 1.54) is 17.0 Å². The number of aromatic nitrogens is 1. The highest BCUT2D eigenvalue weighted by Crippen LogP contribution is 2.23. The molecule has 1 aliphatic rings. The van der Waals surface area contributed by atoms with Crippen LogP contribution in [0.15, 0.2) is 54.7 Å². The van der Waals surface area contributed by atoms with Crippen LogP contribution in [-0.4, -0.2) is 35.0 Å². The molecule has 2 aromatic carbocycles. The molecule has 0 radical (unpaired) electrons. The van der Waals surface area contributed by atoms with Gasteiger partial charge >= 0.3 is 0 Å². The summed E-state index contributed by atoms with van der Waals surface area (Å²) in [6.07, 6.45) is 4.77. The summed E-state index contributed by atoms with van der Waals surface area (Å²) in [6, 6.07) is 15.2. The predicted molar refractivity (Wildman–Crippen MR) is 110 cm³/mol. The van der Waals surface area contributed by atoms with Crippen molar-refractivity contribution >= 4 is 16.8 Å². The summed E-state index contributed by atoms with van der Waals surface area (Å²) in [4.78, 5) is 13.6. The molecule has 1 amide bonds. The van der Waals surface area contributed by atoms with Crippen LogP contribution in [-0.2, 0) is 17.9 Å². The lowest BCUT2D eigenvalue weighted by atomic mass is 10.2. The fraction of sp³-hybridized carbons (Fsp3) is 0.348. The maximum atomic E-state index is 14.1. The average molecular weight is 379 g/mol. The molecule has 0 unspecified atom stereocenters. The molecule has 28 heavy (non-hydrogen) atoms. The summed E-state index contributed by atoms with van der Waals surface area (Å²) in [7, 11) is 0. The zero-order valence-corrected chi connectivity index (χ0v) is 16.0. The quantitative estimate of drug-likeness (QED) is 0.602. The molecular formula is C23H26FN3O. The van der Waals surface area contributed by atoms with E-state index in [9.17, 15) is 9.18 Å². The van der Waals surface area contributed by atoms with E-state index in [4.69, 9.17) is 0 Å². The number of carbonyl (C=O) groups is 1. The van der Waals surface area contributed by atoms with Gasteiger partial charge in [-0.2, -0.15) is 0 Å². The molecule has 0 bridgehead atoms. The van der Waals surface area contributed by atoms with E-state index >= 15 is 0 Å². The van der Waals surface area contributed by atoms with Gasteiger partial charge < -0.3 is 14.8 Å². The van der Waals surface area contributed by atoms with E-state index in [0.717, 1.165) is 44.5 Å². The Morgan fingerprint density at radius 3 is 2.68 bits per heavy atom. The Morgan fingerprint density at radius 2 is 1.86 bits per heavy atom. The van der Waals surface area contributed by atoms with Crippen molar-refractivity contribution in [2.24, 2.45) is 0 Å². The summed E-state index contributed by atoms with van der Waals surface area (Å²) in [5.41, 5.74) is 3.02. The van der Waals surface area contributed by atoms with E-state index in [-0.39, 0.29) is 11.7 Å². The van der Waals surface area contributed by atoms with E-state index in [1.54, 1.807) is 6.07 Å². The smallest absolute Gasteiger partial charge is 0.222 e. The number of carbonyl (C=O) groups excluding carboxylic acids is 1. The van der Waals surface area contributed by atoms with Gasteiger partial charge in [0.05, 0.1) is 6.54 Å². The highest BCUT2D eigenvalue weighted by Gasteiger charge is 2.18. The van der Waals surface area contributed by atoms with Gasteiger partial charge in [0, 0.05) is 48.7 Å². The summed E-state index contributed by atoms with van der Waals surface area (Å²) in [6.45, 7) is 3.89. The van der Waals surface area contributed by atoms with E-state index in [1.807, 2.05) is 29.2 Å². The number of amides is 1. The molecule has 4 nitrogen and oxygen atoms in total. The van der Waals surface area contributed by atoms with E-state index in [2.05, 4.69) is 28.2 Å². The summed E-state index contributed by atoms with van der Waals surface area (Å²) >= 11 is 0. The molecule has 5 heteroatoms. The molecule has 0 spiro atoms. The minimum absolute atomic E-state index is 0.170. The van der Waals surface area contributed by atoms with Crippen LogP contribution in [0, 0.1) is 5.82 Å². The van der Waals surface area contributed by atoms with Gasteiger partial charge in [0.15, 0.2) is 0 Å². The predicted octanol–water partition coefficient (Wildman–Crippen LogP) is 3.93. The number of para-hydroxylation sites is 1. The van der Waals surface area contributed by atoms with Gasteiger partial charge in [-0.15, -0.1) is 0 Å². The Morgan fingerprint density at radius 1 is 1.04 bits per heavy atom. The molecule has 1 aromatic heterocycles. The van der Waals surface area contributed by atoms with Gasteiger partial charge in [0.1, 0.15) is 5.82 Å². The molecule has 1 saturated heterocycles. The lowest BCUT2D eigenvalue weighted by molar-refractivity contribution is -0.127. The molecule has 0 saturated carbocycles. The monoisotopic (exact) mass is 379 g/mol. The lowest BCUT2D eigenvalue weighted by Gasteiger charge is -2.15. The van der Waals surface area contributed by atoms with E-state index < -0.39 is 0 Å². The van der Waals surface area contributed by atoms with Crippen LogP contribution >= 0.6 is 0 Å². The summed E-state index contributed by atoms with van der Waals surface area (Å²) in [5, 5.41) is 4.69. The van der Waals surface area contributed by atoms with Crippen molar-refractivity contribution in [1.82, 2.24) is 14.8 Å². The molecule has 1 aliphatic heterocycles. The van der Waals surface area contributed by atoms with Crippen LogP contribution < -0.4 is 5.32 Å². The number of halogens is 1. The maximum absolute atomic E-state index is 14.1. The van der Waals surface area contributed by atoms with Gasteiger partial charge in [0.2, 0.25) is 5.91 Å². The second-order valence-corrected chi connectivity index (χ2v) is 7.41. The number of hydrogen-bond donors (Lipinski definition) is 1. The first-order chi connectivity index (χ1) is 13.7. The molecule has 146 valence electrons. The largest absolute Gasteiger partial charge is 0.343 e. The zero-order valence-electron chi connectivity index (χ0n) is 16.0. The number of hydrogen-bond acceptors (Lipinski definition) is 2. The highest BCUT2D eigenvalue weighted by atomic mass is 19.1. The molecule has 0 atom stereocenters. The van der Waals surface area contributed by atoms with Gasteiger partial charge in [-0.05, 0) is 37.1 Å². The molecule has 0 aliphatic carbocycles. The van der Waals surface area contributed by atoms with Crippen LogP contribution in [0.2, 0.25) is 0 Å². The molecule has 3 aromatic rings. The fourth-order valence-electron chi connectivity index (χ4n) is 3.96. The number of nitrogens with one attached hydrogen (secondary N) is 1. The number of fused-ring (bicyclic) bond motifs is 1. The Kier molecular flexibility index (Phi) is 5.72. The van der Waals surface area contributed by atoms with Crippen LogP contribution in [0.3, 0.4) is 0 Å². The Balaban J connectivity index is 1.40. The van der Waals surface area contributed by atoms with Crippen molar-refractivity contribution < 1.29 is 9.18 Å². The Bertz CT molecular complexity index is 965. The number of nitrogens with zero attached hydrogens (tertiary/aromatic N) is 2. The molecule has 1 fully saturated rings. The standard InChI is InChI=1S/C23H26FN3O/c24-21-9-3-1-7-18(21)16-27-17-19(20-8-2-4-10-22(20)27)15-25-12-6-14-26-13-5-11-23(26)28/h1-4,7-10,17,25H,5-6,11-16H2. The fourth-order valence-corrected chi connectivity index (χ4v) is 3.96. The first kappa shape index (κ1) is 18.7. The second-order valence-electron chi connectivity index (χ2n) is 7.41. The summed E-state index contributed by atoms with van der Waals surface area (Å²) < 4.78 is 16.2. The zero-order chi connectivity index (χ0) is 19.3. The highest BCUT2D eigenvalue weighted by molar-refractivity contribution is 5.84. The van der Waals surface area contributed by atoms with Crippen LogP contribution in [0.4, 0.5) is 4.39 Å². The second kappa shape index (κ2) is 8.57. The molecule has 1 N–H and O–H groups in total. The Hall–Kier alpha value is -2.66. The Labute approximate surface area is 165 Å². The van der Waals surface area contributed by atoms with Crippen molar-refractivity contribution in [2.75, 3.05) is 19.6 Å². The van der Waals surface area contributed by atoms with Crippen molar-refractivity contribution in [2.45, 2.75) is 32.4 Å². The molecule has 4 rings (SSSR count). The third-order valence-corrected chi connectivity index (χ3v) is 5.44. The number of rotatable bonds is 8. The number of benzene rings is 2. The topological polar surface area (TPSA) is 37.3 Å². The first-order valence-electron chi connectivity index (χ1n) is 10.0. The minimum atomic E-state index is -0.170. The third kappa shape index (κ3) is 4.09. The SMILES string of the molecule is O=C1CCCN1CCCNCc1cn(Cc2ccccc2F)c2ccccc12. The van der Waals surface area contributed by atoms with Crippen molar-refractivity contribution in [3.8, 4) is 0 Å². The van der Waals surface area contributed by atoms with Gasteiger partial charge in [-0.3, -0.25) is 4.79 Å². The van der Waals surface area contributed by atoms with Crippen molar-refractivity contribution in [1.29, 1.82) is 0 Å². The minimum Gasteiger partial charge on any atom is -0.343 e. The van der Waals surface area contributed by atoms with Gasteiger partial charge in [0.25, 0.3) is 0 Å². The van der Waals surface area contributed by atoms with E-state index in [0.29, 0.717) is 18.5 Å². The summed E-state index contributed by atoms with van der Waals surface area (Å²) in [5.74, 6) is 0.118. The number of likely N-dealkylation sites (tertiary alicyclic amines) is 1. The normalized spacial score (nSPS) is 14.3. The van der Waals surface area contributed by atoms with Gasteiger partial charge in [-0.1, -0.05) is 36.4 Å². The van der Waals surface area contributed by atoms with Crippen LogP contribution in [0.1, 0.15) is 30.4 Å². The van der Waals surface area contributed by atoms with Gasteiger partial charge in [-0.25, -0.2) is 4.39 Å². The van der Waals surface area contributed by atoms with Crippen molar-refractivity contribution in [3.05, 3.63) is 71.7 Å². The average Bonchev–Trinajstić information content (AvgIpc) is 3.27. The molecule has 2 heterocycles.